The lowest BCUT2D eigenvalue weighted by molar-refractivity contribution is -0.112. The van der Waals surface area contributed by atoms with Crippen molar-refractivity contribution in [3.05, 3.63) is 24.3 Å². The van der Waals surface area contributed by atoms with Gasteiger partial charge in [-0.2, -0.15) is 0 Å². The quantitative estimate of drug-likeness (QED) is 0.550. The summed E-state index contributed by atoms with van der Waals surface area (Å²) in [4.78, 5) is 10.9. The molecule has 1 rings (SSSR count). The highest BCUT2D eigenvalue weighted by molar-refractivity contribution is 5.87. The van der Waals surface area contributed by atoms with Gasteiger partial charge in [0.05, 0.1) is 12.2 Å². The van der Waals surface area contributed by atoms with Crippen molar-refractivity contribution in [1.82, 2.24) is 0 Å². The van der Waals surface area contributed by atoms with Crippen molar-refractivity contribution in [3.8, 4) is 0 Å². The van der Waals surface area contributed by atoms with Gasteiger partial charge < -0.3 is 4.74 Å². The molecule has 0 spiro atoms. The number of carbonyl (C=O) groups is 1. The van der Waals surface area contributed by atoms with Crippen molar-refractivity contribution in [2.75, 3.05) is 0 Å². The smallest absolute Gasteiger partial charge is 0.152 e. The summed E-state index contributed by atoms with van der Waals surface area (Å²) in [7, 11) is 0. The average Bonchev–Trinajstić information content (AvgIpc) is 2.52. The fourth-order valence-corrected chi connectivity index (χ4v) is 1.94. The van der Waals surface area contributed by atoms with Gasteiger partial charge >= 0.3 is 0 Å². The van der Waals surface area contributed by atoms with Crippen LogP contribution in [-0.4, -0.2) is 18.0 Å². The van der Waals surface area contributed by atoms with Crippen LogP contribution in [0.5, 0.6) is 0 Å². The van der Waals surface area contributed by atoms with Crippen LogP contribution in [0.1, 0.15) is 47.0 Å². The van der Waals surface area contributed by atoms with Crippen LogP contribution in [0.4, 0.5) is 0 Å². The predicted octanol–water partition coefficient (Wildman–Crippen LogP) is 3.67. The van der Waals surface area contributed by atoms with E-state index in [0.717, 1.165) is 24.8 Å². The van der Waals surface area contributed by atoms with E-state index in [2.05, 4.69) is 27.4 Å². The minimum absolute atomic E-state index is 0.0383. The van der Waals surface area contributed by atoms with Gasteiger partial charge in [0, 0.05) is 6.42 Å². The minimum Gasteiger partial charge on any atom is -0.366 e. The normalized spacial score (nSPS) is 25.8. The molecule has 0 amide bonds. The molecule has 0 aromatic rings. The Labute approximate surface area is 105 Å². The molecule has 0 radical (unpaired) electrons. The zero-order valence-corrected chi connectivity index (χ0v) is 11.5. The molecule has 1 heterocycles. The Balaban J connectivity index is 2.45. The van der Waals surface area contributed by atoms with E-state index < -0.39 is 0 Å². The highest BCUT2D eigenvalue weighted by Gasteiger charge is 2.28. The molecule has 1 saturated heterocycles. The van der Waals surface area contributed by atoms with Gasteiger partial charge in [0.1, 0.15) is 0 Å². The van der Waals surface area contributed by atoms with Gasteiger partial charge in [-0.05, 0) is 36.8 Å². The van der Waals surface area contributed by atoms with Crippen LogP contribution in [0.25, 0.3) is 0 Å². The molecule has 2 nitrogen and oxygen atoms in total. The van der Waals surface area contributed by atoms with E-state index in [1.54, 1.807) is 13.0 Å². The maximum Gasteiger partial charge on any atom is 0.152 e. The lowest BCUT2D eigenvalue weighted by atomic mass is 9.88. The standard InChI is InChI=1S/C15H24O2/c1-11-10-13(7-6-12(2)16)17-14(11)8-9-15(3,4)5/h6-7,13-14H,1,8-10H2,2-5H3/t13-,14?/m0/s1. The van der Waals surface area contributed by atoms with Gasteiger partial charge in [0.15, 0.2) is 5.78 Å². The molecule has 0 aliphatic carbocycles. The first-order valence-electron chi connectivity index (χ1n) is 6.30. The number of ether oxygens (including phenoxy) is 1. The third-order valence-electron chi connectivity index (χ3n) is 2.96. The van der Waals surface area contributed by atoms with Gasteiger partial charge in [0.2, 0.25) is 0 Å². The van der Waals surface area contributed by atoms with Crippen LogP contribution in [0.2, 0.25) is 0 Å². The van der Waals surface area contributed by atoms with Crippen molar-refractivity contribution in [1.29, 1.82) is 0 Å². The van der Waals surface area contributed by atoms with Crippen molar-refractivity contribution < 1.29 is 9.53 Å². The van der Waals surface area contributed by atoms with Crippen LogP contribution in [-0.2, 0) is 9.53 Å². The highest BCUT2D eigenvalue weighted by atomic mass is 16.5. The Morgan fingerprint density at radius 3 is 2.71 bits per heavy atom. The molecule has 2 atom stereocenters. The van der Waals surface area contributed by atoms with Crippen LogP contribution >= 0.6 is 0 Å². The van der Waals surface area contributed by atoms with Gasteiger partial charge in [-0.25, -0.2) is 0 Å². The van der Waals surface area contributed by atoms with E-state index in [1.165, 1.54) is 0 Å². The number of rotatable bonds is 4. The summed E-state index contributed by atoms with van der Waals surface area (Å²) in [5, 5.41) is 0. The Hall–Kier alpha value is -0.890. The first kappa shape index (κ1) is 14.2. The fourth-order valence-electron chi connectivity index (χ4n) is 1.94. The zero-order valence-electron chi connectivity index (χ0n) is 11.5. The van der Waals surface area contributed by atoms with Crippen molar-refractivity contribution in [2.24, 2.45) is 5.41 Å². The Morgan fingerprint density at radius 2 is 2.18 bits per heavy atom. The first-order valence-corrected chi connectivity index (χ1v) is 6.30. The number of ketones is 1. The summed E-state index contributed by atoms with van der Waals surface area (Å²) < 4.78 is 5.88. The second kappa shape index (κ2) is 5.63. The van der Waals surface area contributed by atoms with Crippen molar-refractivity contribution in [2.45, 2.75) is 59.2 Å². The Kier molecular flexibility index (Phi) is 4.70. The van der Waals surface area contributed by atoms with E-state index in [1.807, 2.05) is 6.08 Å². The number of hydrogen-bond donors (Lipinski definition) is 0. The molecule has 0 aromatic carbocycles. The number of allylic oxidation sites excluding steroid dienone is 1. The molecule has 2 heteroatoms. The van der Waals surface area contributed by atoms with E-state index in [4.69, 9.17) is 4.74 Å². The summed E-state index contributed by atoms with van der Waals surface area (Å²) in [6.45, 7) is 12.3. The lowest BCUT2D eigenvalue weighted by Crippen LogP contribution is -2.14. The van der Waals surface area contributed by atoms with E-state index >= 15 is 0 Å². The average molecular weight is 236 g/mol. The second-order valence-corrected chi connectivity index (χ2v) is 6.09. The summed E-state index contributed by atoms with van der Waals surface area (Å²) in [6.07, 6.45) is 6.63. The molecular weight excluding hydrogens is 212 g/mol. The van der Waals surface area contributed by atoms with Crippen LogP contribution < -0.4 is 0 Å². The van der Waals surface area contributed by atoms with E-state index in [9.17, 15) is 4.79 Å². The molecule has 1 fully saturated rings. The summed E-state index contributed by atoms with van der Waals surface area (Å²) >= 11 is 0. The van der Waals surface area contributed by atoms with E-state index in [-0.39, 0.29) is 18.0 Å². The van der Waals surface area contributed by atoms with Crippen molar-refractivity contribution >= 4 is 5.78 Å². The molecule has 1 aliphatic rings. The van der Waals surface area contributed by atoms with Gasteiger partial charge in [-0.1, -0.05) is 33.4 Å². The maximum atomic E-state index is 10.9. The third-order valence-corrected chi connectivity index (χ3v) is 2.96. The number of hydrogen-bond acceptors (Lipinski definition) is 2. The van der Waals surface area contributed by atoms with Crippen LogP contribution in [0.3, 0.4) is 0 Å². The summed E-state index contributed by atoms with van der Waals surface area (Å²) in [6, 6.07) is 0. The van der Waals surface area contributed by atoms with Crippen molar-refractivity contribution in [3.63, 3.8) is 0 Å². The molecule has 0 N–H and O–H groups in total. The van der Waals surface area contributed by atoms with Crippen LogP contribution in [0, 0.1) is 5.41 Å². The summed E-state index contributed by atoms with van der Waals surface area (Å²) in [5.74, 6) is 0.0670. The first-order chi connectivity index (χ1) is 7.78. The highest BCUT2D eigenvalue weighted by Crippen LogP contribution is 2.31. The SMILES string of the molecule is C=C1C[C@H](C=CC(C)=O)OC1CCC(C)(C)C. The van der Waals surface area contributed by atoms with Gasteiger partial charge in [-0.3, -0.25) is 4.79 Å². The zero-order chi connectivity index (χ0) is 13.1. The number of carbonyl (C=O) groups excluding carboxylic acids is 1. The van der Waals surface area contributed by atoms with Gasteiger partial charge in [0.25, 0.3) is 0 Å². The maximum absolute atomic E-state index is 10.9. The Bertz CT molecular complexity index is 320. The second-order valence-electron chi connectivity index (χ2n) is 6.09. The molecule has 1 aliphatic heterocycles. The molecule has 17 heavy (non-hydrogen) atoms. The monoisotopic (exact) mass is 236 g/mol. The lowest BCUT2D eigenvalue weighted by Gasteiger charge is -2.21. The Morgan fingerprint density at radius 1 is 1.53 bits per heavy atom. The molecule has 0 saturated carbocycles. The van der Waals surface area contributed by atoms with E-state index in [0.29, 0.717) is 5.41 Å². The third kappa shape index (κ3) is 5.31. The molecule has 0 bridgehead atoms. The topological polar surface area (TPSA) is 26.3 Å². The van der Waals surface area contributed by atoms with Gasteiger partial charge in [-0.15, -0.1) is 0 Å². The molecule has 1 unspecified atom stereocenters. The molecule has 96 valence electrons. The minimum atomic E-state index is 0.0383. The molecular formula is C15H24O2. The molecule has 0 aromatic heterocycles. The van der Waals surface area contributed by atoms with Crippen LogP contribution in [0.15, 0.2) is 24.3 Å². The predicted molar refractivity (Wildman–Crippen MR) is 70.9 cm³/mol. The fraction of sp³-hybridized carbons (Fsp3) is 0.667. The summed E-state index contributed by atoms with van der Waals surface area (Å²) in [5.41, 5.74) is 1.49. The largest absolute Gasteiger partial charge is 0.366 e.